The van der Waals surface area contributed by atoms with Gasteiger partial charge in [0.15, 0.2) is 0 Å². The zero-order valence-electron chi connectivity index (χ0n) is 13.7. The van der Waals surface area contributed by atoms with Gasteiger partial charge in [-0.05, 0) is 56.8 Å². The van der Waals surface area contributed by atoms with Crippen LogP contribution in [0.25, 0.3) is 0 Å². The number of amides is 1. The summed E-state index contributed by atoms with van der Waals surface area (Å²) in [5, 5.41) is 6.74. The molecular formula is C18H25ClN2O2. The molecule has 0 saturated carbocycles. The number of nitrogens with one attached hydrogen (secondary N) is 2. The van der Waals surface area contributed by atoms with E-state index in [4.69, 9.17) is 16.3 Å². The topological polar surface area (TPSA) is 50.4 Å². The van der Waals surface area contributed by atoms with Gasteiger partial charge in [-0.15, -0.1) is 0 Å². The Hall–Kier alpha value is -1.52. The van der Waals surface area contributed by atoms with Gasteiger partial charge in [-0.25, -0.2) is 0 Å². The van der Waals surface area contributed by atoms with Gasteiger partial charge in [0.2, 0.25) is 5.91 Å². The second-order valence-electron chi connectivity index (χ2n) is 5.75. The van der Waals surface area contributed by atoms with Gasteiger partial charge in [0, 0.05) is 18.0 Å². The molecule has 0 heterocycles. The summed E-state index contributed by atoms with van der Waals surface area (Å²) in [5.74, 6) is 0.565. The van der Waals surface area contributed by atoms with Crippen molar-refractivity contribution in [3.63, 3.8) is 0 Å². The molecule has 1 aromatic carbocycles. The number of carbonyl (C=O) groups excluding carboxylic acids is 1. The lowest BCUT2D eigenvalue weighted by molar-refractivity contribution is -0.116. The third-order valence-electron chi connectivity index (χ3n) is 3.97. The van der Waals surface area contributed by atoms with Crippen molar-refractivity contribution in [3.05, 3.63) is 34.9 Å². The number of anilines is 1. The molecule has 0 aromatic heterocycles. The third-order valence-corrected chi connectivity index (χ3v) is 4.21. The summed E-state index contributed by atoms with van der Waals surface area (Å²) in [7, 11) is 1.57. The molecule has 5 heteroatoms. The lowest BCUT2D eigenvalue weighted by Gasteiger charge is -2.13. The maximum Gasteiger partial charge on any atom is 0.225 e. The van der Waals surface area contributed by atoms with E-state index < -0.39 is 0 Å². The van der Waals surface area contributed by atoms with E-state index in [1.165, 1.54) is 25.7 Å². The summed E-state index contributed by atoms with van der Waals surface area (Å²) in [6.07, 6.45) is 8.97. The molecule has 2 N–H and O–H groups in total. The fraction of sp³-hybridized carbons (Fsp3) is 0.500. The molecule has 0 aliphatic heterocycles. The zero-order valence-corrected chi connectivity index (χ0v) is 14.4. The summed E-state index contributed by atoms with van der Waals surface area (Å²) in [6, 6.07) is 5.17. The SMILES string of the molecule is COc1ccc(Cl)cc1NC(=O)CCNCCC1=CCCCC1. The number of benzene rings is 1. The van der Waals surface area contributed by atoms with E-state index in [1.54, 1.807) is 30.9 Å². The van der Waals surface area contributed by atoms with Crippen molar-refractivity contribution in [2.75, 3.05) is 25.5 Å². The van der Waals surface area contributed by atoms with Gasteiger partial charge in [0.05, 0.1) is 12.8 Å². The Labute approximate surface area is 143 Å². The normalized spacial score (nSPS) is 14.3. The van der Waals surface area contributed by atoms with Gasteiger partial charge < -0.3 is 15.4 Å². The van der Waals surface area contributed by atoms with E-state index in [2.05, 4.69) is 16.7 Å². The molecule has 0 bridgehead atoms. The molecule has 0 atom stereocenters. The van der Waals surface area contributed by atoms with Crippen LogP contribution in [0.3, 0.4) is 0 Å². The van der Waals surface area contributed by atoms with E-state index in [0.29, 0.717) is 29.4 Å². The first-order valence-corrected chi connectivity index (χ1v) is 8.59. The van der Waals surface area contributed by atoms with E-state index in [1.807, 2.05) is 0 Å². The first-order chi connectivity index (χ1) is 11.2. The number of methoxy groups -OCH3 is 1. The van der Waals surface area contributed by atoms with E-state index in [0.717, 1.165) is 13.0 Å². The largest absolute Gasteiger partial charge is 0.495 e. The fourth-order valence-corrected chi connectivity index (χ4v) is 2.87. The fourth-order valence-electron chi connectivity index (χ4n) is 2.70. The Kier molecular flexibility index (Phi) is 7.43. The van der Waals surface area contributed by atoms with Gasteiger partial charge in [0.25, 0.3) is 0 Å². The number of ether oxygens (including phenoxy) is 1. The van der Waals surface area contributed by atoms with E-state index >= 15 is 0 Å². The van der Waals surface area contributed by atoms with Crippen LogP contribution in [0, 0.1) is 0 Å². The highest BCUT2D eigenvalue weighted by atomic mass is 35.5. The Morgan fingerprint density at radius 1 is 1.30 bits per heavy atom. The highest BCUT2D eigenvalue weighted by Crippen LogP contribution is 2.27. The molecule has 1 aliphatic carbocycles. The Morgan fingerprint density at radius 2 is 2.17 bits per heavy atom. The van der Waals surface area contributed by atoms with Crippen LogP contribution in [-0.4, -0.2) is 26.1 Å². The van der Waals surface area contributed by atoms with Crippen LogP contribution in [0.4, 0.5) is 5.69 Å². The summed E-state index contributed by atoms with van der Waals surface area (Å²) in [6.45, 7) is 1.60. The summed E-state index contributed by atoms with van der Waals surface area (Å²) < 4.78 is 5.22. The second-order valence-corrected chi connectivity index (χ2v) is 6.19. The second kappa shape index (κ2) is 9.58. The van der Waals surface area contributed by atoms with Crippen LogP contribution < -0.4 is 15.4 Å². The lowest BCUT2D eigenvalue weighted by Crippen LogP contribution is -2.23. The summed E-state index contributed by atoms with van der Waals surface area (Å²) in [4.78, 5) is 12.0. The minimum Gasteiger partial charge on any atom is -0.495 e. The Morgan fingerprint density at radius 3 is 2.91 bits per heavy atom. The molecule has 0 saturated heterocycles. The number of halogens is 1. The van der Waals surface area contributed by atoms with Crippen molar-refractivity contribution >= 4 is 23.2 Å². The zero-order chi connectivity index (χ0) is 16.5. The van der Waals surface area contributed by atoms with Crippen LogP contribution >= 0.6 is 11.6 Å². The number of carbonyl (C=O) groups is 1. The van der Waals surface area contributed by atoms with Gasteiger partial charge in [-0.3, -0.25) is 4.79 Å². The van der Waals surface area contributed by atoms with Crippen molar-refractivity contribution in [3.8, 4) is 5.75 Å². The molecule has 4 nitrogen and oxygen atoms in total. The van der Waals surface area contributed by atoms with Crippen LogP contribution in [-0.2, 0) is 4.79 Å². The highest BCUT2D eigenvalue weighted by Gasteiger charge is 2.08. The van der Waals surface area contributed by atoms with Gasteiger partial charge in [-0.1, -0.05) is 23.3 Å². The van der Waals surface area contributed by atoms with Gasteiger partial charge >= 0.3 is 0 Å². The summed E-state index contributed by atoms with van der Waals surface area (Å²) >= 11 is 5.95. The maximum absolute atomic E-state index is 12.0. The quantitative estimate of drug-likeness (QED) is 0.553. The van der Waals surface area contributed by atoms with Crippen LogP contribution in [0.1, 0.15) is 38.5 Å². The monoisotopic (exact) mass is 336 g/mol. The number of hydrogen-bond acceptors (Lipinski definition) is 3. The molecule has 23 heavy (non-hydrogen) atoms. The van der Waals surface area contributed by atoms with Crippen molar-refractivity contribution < 1.29 is 9.53 Å². The average molecular weight is 337 g/mol. The van der Waals surface area contributed by atoms with Crippen molar-refractivity contribution in [2.45, 2.75) is 38.5 Å². The van der Waals surface area contributed by atoms with Gasteiger partial charge in [-0.2, -0.15) is 0 Å². The predicted octanol–water partition coefficient (Wildman–Crippen LogP) is 4.16. The number of hydrogen-bond donors (Lipinski definition) is 2. The Bertz CT molecular complexity index is 558. The molecule has 0 unspecified atom stereocenters. The Balaban J connectivity index is 1.67. The molecule has 0 spiro atoms. The van der Waals surface area contributed by atoms with Gasteiger partial charge in [0.1, 0.15) is 5.75 Å². The first-order valence-electron chi connectivity index (χ1n) is 8.21. The maximum atomic E-state index is 12.0. The van der Waals surface area contributed by atoms with Crippen molar-refractivity contribution in [1.82, 2.24) is 5.32 Å². The van der Waals surface area contributed by atoms with E-state index in [9.17, 15) is 4.79 Å². The van der Waals surface area contributed by atoms with Crippen molar-refractivity contribution in [1.29, 1.82) is 0 Å². The third kappa shape index (κ3) is 6.24. The molecule has 1 amide bonds. The van der Waals surface area contributed by atoms with E-state index in [-0.39, 0.29) is 5.91 Å². The molecule has 0 radical (unpaired) electrons. The lowest BCUT2D eigenvalue weighted by atomic mass is 9.97. The molecule has 0 fully saturated rings. The highest BCUT2D eigenvalue weighted by molar-refractivity contribution is 6.31. The number of rotatable bonds is 8. The minimum absolute atomic E-state index is 0.0463. The predicted molar refractivity (Wildman–Crippen MR) is 95.3 cm³/mol. The van der Waals surface area contributed by atoms with Crippen LogP contribution in [0.2, 0.25) is 5.02 Å². The summed E-state index contributed by atoms with van der Waals surface area (Å²) in [5.41, 5.74) is 2.16. The average Bonchev–Trinajstić information content (AvgIpc) is 2.56. The molecular weight excluding hydrogens is 312 g/mol. The smallest absolute Gasteiger partial charge is 0.225 e. The molecule has 2 rings (SSSR count). The van der Waals surface area contributed by atoms with Crippen molar-refractivity contribution in [2.24, 2.45) is 0 Å². The molecule has 1 aromatic rings. The van der Waals surface area contributed by atoms with Crippen LogP contribution in [0.15, 0.2) is 29.8 Å². The molecule has 126 valence electrons. The first kappa shape index (κ1) is 17.8. The minimum atomic E-state index is -0.0463. The number of allylic oxidation sites excluding steroid dienone is 1. The van der Waals surface area contributed by atoms with Crippen LogP contribution in [0.5, 0.6) is 5.75 Å². The standard InChI is InChI=1S/C18H25ClN2O2/c1-23-17-8-7-15(19)13-16(17)21-18(22)10-12-20-11-9-14-5-3-2-4-6-14/h5,7-8,13,20H,2-4,6,9-12H2,1H3,(H,21,22). The molecule has 1 aliphatic rings.